The molecule has 0 fully saturated rings. The van der Waals surface area contributed by atoms with Gasteiger partial charge in [0.1, 0.15) is 10.8 Å². The Kier molecular flexibility index (Phi) is 2.94. The summed E-state index contributed by atoms with van der Waals surface area (Å²) in [6.07, 6.45) is 3.26. The van der Waals surface area contributed by atoms with Crippen LogP contribution in [0.1, 0.15) is 25.7 Å². The number of halogens is 1. The first-order valence-electron chi connectivity index (χ1n) is 3.71. The Labute approximate surface area is 71.2 Å². The van der Waals surface area contributed by atoms with E-state index in [2.05, 4.69) is 0 Å². The minimum atomic E-state index is 0.0148. The fourth-order valence-corrected chi connectivity index (χ4v) is 1.40. The van der Waals surface area contributed by atoms with E-state index < -0.39 is 0 Å². The monoisotopic (exact) mass is 174 g/mol. The predicted octanol–water partition coefficient (Wildman–Crippen LogP) is 2.23. The molecule has 0 unspecified atom stereocenters. The highest BCUT2D eigenvalue weighted by Crippen LogP contribution is 2.23. The van der Waals surface area contributed by atoms with Gasteiger partial charge < -0.3 is 4.74 Å². The Morgan fingerprint density at radius 3 is 2.64 bits per heavy atom. The summed E-state index contributed by atoms with van der Waals surface area (Å²) in [6, 6.07) is 0. The fraction of sp³-hybridized carbons (Fsp3) is 0.625. The van der Waals surface area contributed by atoms with E-state index in [1.165, 1.54) is 0 Å². The van der Waals surface area contributed by atoms with Crippen LogP contribution in [-0.2, 0) is 9.53 Å². The molecule has 1 aliphatic rings. The van der Waals surface area contributed by atoms with Crippen LogP contribution in [0.25, 0.3) is 0 Å². The third kappa shape index (κ3) is 1.96. The van der Waals surface area contributed by atoms with E-state index in [0.29, 0.717) is 17.2 Å². The van der Waals surface area contributed by atoms with Crippen molar-refractivity contribution in [3.63, 3.8) is 0 Å². The molecule has 1 aliphatic carbocycles. The lowest BCUT2D eigenvalue weighted by molar-refractivity contribution is -0.115. The summed E-state index contributed by atoms with van der Waals surface area (Å²) >= 11 is 5.74. The van der Waals surface area contributed by atoms with Crippen molar-refractivity contribution in [1.29, 1.82) is 0 Å². The van der Waals surface area contributed by atoms with E-state index in [-0.39, 0.29) is 5.78 Å². The summed E-state index contributed by atoms with van der Waals surface area (Å²) < 4.78 is 4.98. The van der Waals surface area contributed by atoms with Gasteiger partial charge in [-0.2, -0.15) is 0 Å². The standard InChI is InChI=1S/C8H11ClO2/c1-11-7-5-3-2-4-6(10)8(7)9/h2-5H2,1H3. The maximum Gasteiger partial charge on any atom is 0.177 e. The minimum Gasteiger partial charge on any atom is -0.499 e. The van der Waals surface area contributed by atoms with Crippen LogP contribution in [0.3, 0.4) is 0 Å². The largest absolute Gasteiger partial charge is 0.499 e. The molecule has 11 heavy (non-hydrogen) atoms. The predicted molar refractivity (Wildman–Crippen MR) is 43.4 cm³/mol. The molecule has 0 N–H and O–H groups in total. The van der Waals surface area contributed by atoms with Gasteiger partial charge in [-0.3, -0.25) is 4.79 Å². The second-order valence-corrected chi connectivity index (χ2v) is 2.95. The van der Waals surface area contributed by atoms with Gasteiger partial charge in [-0.05, 0) is 12.8 Å². The van der Waals surface area contributed by atoms with Crippen molar-refractivity contribution in [1.82, 2.24) is 0 Å². The summed E-state index contributed by atoms with van der Waals surface area (Å²) in [5.41, 5.74) is 0. The van der Waals surface area contributed by atoms with E-state index in [0.717, 1.165) is 19.3 Å². The average Bonchev–Trinajstić information content (AvgIpc) is 2.16. The van der Waals surface area contributed by atoms with Crippen LogP contribution in [0.5, 0.6) is 0 Å². The number of hydrogen-bond acceptors (Lipinski definition) is 2. The van der Waals surface area contributed by atoms with Crippen LogP contribution in [0.2, 0.25) is 0 Å². The molecule has 0 bridgehead atoms. The van der Waals surface area contributed by atoms with E-state index >= 15 is 0 Å². The van der Waals surface area contributed by atoms with Gasteiger partial charge in [0, 0.05) is 12.8 Å². The van der Waals surface area contributed by atoms with Crippen molar-refractivity contribution in [2.45, 2.75) is 25.7 Å². The minimum absolute atomic E-state index is 0.0148. The number of Topliss-reactive ketones (excluding diaryl/α,β-unsaturated/α-hetero) is 1. The summed E-state index contributed by atoms with van der Waals surface area (Å²) in [5, 5.41) is 0.296. The fourth-order valence-electron chi connectivity index (χ4n) is 1.14. The Morgan fingerprint density at radius 1 is 1.36 bits per heavy atom. The van der Waals surface area contributed by atoms with Crippen LogP contribution < -0.4 is 0 Å². The highest BCUT2D eigenvalue weighted by atomic mass is 35.5. The zero-order valence-electron chi connectivity index (χ0n) is 6.52. The molecule has 0 radical (unpaired) electrons. The third-order valence-corrected chi connectivity index (χ3v) is 2.22. The van der Waals surface area contributed by atoms with Gasteiger partial charge in [-0.15, -0.1) is 0 Å². The van der Waals surface area contributed by atoms with Crippen molar-refractivity contribution in [3.8, 4) is 0 Å². The van der Waals surface area contributed by atoms with Crippen LogP contribution in [0.15, 0.2) is 10.8 Å². The van der Waals surface area contributed by atoms with Gasteiger partial charge in [-0.1, -0.05) is 11.6 Å². The first-order valence-corrected chi connectivity index (χ1v) is 4.09. The second-order valence-electron chi connectivity index (χ2n) is 2.57. The van der Waals surface area contributed by atoms with Crippen molar-refractivity contribution in [2.24, 2.45) is 0 Å². The van der Waals surface area contributed by atoms with Crippen LogP contribution in [0, 0.1) is 0 Å². The number of methoxy groups -OCH3 is 1. The summed E-state index contributed by atoms with van der Waals surface area (Å²) in [4.78, 5) is 11.1. The second kappa shape index (κ2) is 3.77. The zero-order chi connectivity index (χ0) is 8.27. The van der Waals surface area contributed by atoms with Crippen LogP contribution in [-0.4, -0.2) is 12.9 Å². The van der Waals surface area contributed by atoms with E-state index in [1.54, 1.807) is 7.11 Å². The Morgan fingerprint density at radius 2 is 2.00 bits per heavy atom. The van der Waals surface area contributed by atoms with Crippen molar-refractivity contribution >= 4 is 17.4 Å². The molecule has 0 atom stereocenters. The lowest BCUT2D eigenvalue weighted by Crippen LogP contribution is -1.98. The SMILES string of the molecule is COC1=C(Cl)C(=O)CCCC1. The Hall–Kier alpha value is -0.500. The molecule has 0 aromatic carbocycles. The molecule has 3 heteroatoms. The molecule has 2 nitrogen and oxygen atoms in total. The van der Waals surface area contributed by atoms with Gasteiger partial charge in [0.2, 0.25) is 0 Å². The van der Waals surface area contributed by atoms with Gasteiger partial charge >= 0.3 is 0 Å². The maximum absolute atomic E-state index is 11.1. The third-order valence-electron chi connectivity index (χ3n) is 1.79. The van der Waals surface area contributed by atoms with Crippen molar-refractivity contribution < 1.29 is 9.53 Å². The highest BCUT2D eigenvalue weighted by Gasteiger charge is 2.16. The lowest BCUT2D eigenvalue weighted by atomic mass is 10.2. The summed E-state index contributed by atoms with van der Waals surface area (Å²) in [5.74, 6) is 0.662. The molecular formula is C8H11ClO2. The number of ketones is 1. The molecule has 0 aromatic rings. The summed E-state index contributed by atoms with van der Waals surface area (Å²) in [7, 11) is 1.55. The quantitative estimate of drug-likeness (QED) is 0.610. The molecule has 62 valence electrons. The summed E-state index contributed by atoms with van der Waals surface area (Å²) in [6.45, 7) is 0. The van der Waals surface area contributed by atoms with Crippen LogP contribution >= 0.6 is 11.6 Å². The van der Waals surface area contributed by atoms with Crippen molar-refractivity contribution in [2.75, 3.05) is 7.11 Å². The maximum atomic E-state index is 11.1. The smallest absolute Gasteiger partial charge is 0.177 e. The lowest BCUT2D eigenvalue weighted by Gasteiger charge is -2.03. The molecule has 0 heterocycles. The molecule has 0 amide bonds. The van der Waals surface area contributed by atoms with E-state index in [9.17, 15) is 4.79 Å². The van der Waals surface area contributed by atoms with E-state index in [4.69, 9.17) is 16.3 Å². The first-order chi connectivity index (χ1) is 5.25. The highest BCUT2D eigenvalue weighted by molar-refractivity contribution is 6.42. The molecule has 0 spiro atoms. The normalized spacial score (nSPS) is 20.0. The number of ether oxygens (including phenoxy) is 1. The number of allylic oxidation sites excluding steroid dienone is 2. The number of rotatable bonds is 1. The van der Waals surface area contributed by atoms with Crippen molar-refractivity contribution in [3.05, 3.63) is 10.8 Å². The number of hydrogen-bond donors (Lipinski definition) is 0. The molecular weight excluding hydrogens is 164 g/mol. The molecule has 0 aromatic heterocycles. The first kappa shape index (κ1) is 8.60. The topological polar surface area (TPSA) is 26.3 Å². The number of carbonyl (C=O) groups is 1. The van der Waals surface area contributed by atoms with Crippen LogP contribution in [0.4, 0.5) is 0 Å². The van der Waals surface area contributed by atoms with Gasteiger partial charge in [-0.25, -0.2) is 0 Å². The molecule has 0 saturated carbocycles. The average molecular weight is 175 g/mol. The molecule has 0 aliphatic heterocycles. The van der Waals surface area contributed by atoms with E-state index in [1.807, 2.05) is 0 Å². The Balaban J connectivity index is 2.81. The zero-order valence-corrected chi connectivity index (χ0v) is 7.28. The number of carbonyl (C=O) groups excluding carboxylic acids is 1. The molecule has 1 rings (SSSR count). The molecule has 0 saturated heterocycles. The Bertz CT molecular complexity index is 196. The van der Waals surface area contributed by atoms with Gasteiger partial charge in [0.05, 0.1) is 7.11 Å². The van der Waals surface area contributed by atoms with Gasteiger partial charge in [0.15, 0.2) is 5.78 Å². The van der Waals surface area contributed by atoms with Gasteiger partial charge in [0.25, 0.3) is 0 Å².